The first-order valence-corrected chi connectivity index (χ1v) is 12.9. The Bertz CT molecular complexity index is 1710. The summed E-state index contributed by atoms with van der Waals surface area (Å²) in [6.45, 7) is 0.913. The third kappa shape index (κ3) is 5.14. The highest BCUT2D eigenvalue weighted by molar-refractivity contribution is 7.92. The maximum absolute atomic E-state index is 13.5. The third-order valence-electron chi connectivity index (χ3n) is 6.00. The molecule has 4 rings (SSSR count). The van der Waals surface area contributed by atoms with Gasteiger partial charge in [0, 0.05) is 19.8 Å². The van der Waals surface area contributed by atoms with Gasteiger partial charge in [0.1, 0.15) is 6.54 Å². The summed E-state index contributed by atoms with van der Waals surface area (Å²) in [5.41, 5.74) is 0.261. The molecular formula is C25H22ClF3N4O4S. The van der Waals surface area contributed by atoms with Crippen LogP contribution in [0, 0.1) is 6.92 Å². The first-order valence-electron chi connectivity index (χ1n) is 11.1. The average molecular weight is 567 g/mol. The fraction of sp³-hybridized carbons (Fsp3) is 0.200. The van der Waals surface area contributed by atoms with Gasteiger partial charge in [-0.15, -0.1) is 0 Å². The van der Waals surface area contributed by atoms with Crippen LogP contribution in [0.4, 0.5) is 24.5 Å². The number of benzene rings is 3. The first-order chi connectivity index (χ1) is 17.7. The Hall–Kier alpha value is -3.77. The Labute approximate surface area is 220 Å². The van der Waals surface area contributed by atoms with Crippen LogP contribution in [0.2, 0.25) is 5.02 Å². The topological polar surface area (TPSA) is 93.4 Å². The van der Waals surface area contributed by atoms with Crippen LogP contribution in [-0.4, -0.2) is 30.0 Å². The molecule has 0 saturated carbocycles. The summed E-state index contributed by atoms with van der Waals surface area (Å²) in [6.07, 6.45) is -4.85. The van der Waals surface area contributed by atoms with E-state index in [1.54, 1.807) is 27.1 Å². The molecule has 1 aromatic heterocycles. The van der Waals surface area contributed by atoms with Gasteiger partial charge in [0.15, 0.2) is 0 Å². The van der Waals surface area contributed by atoms with Crippen LogP contribution >= 0.6 is 11.6 Å². The van der Waals surface area contributed by atoms with Crippen LogP contribution in [0.25, 0.3) is 11.0 Å². The highest BCUT2D eigenvalue weighted by Crippen LogP contribution is 2.38. The van der Waals surface area contributed by atoms with Crippen LogP contribution < -0.4 is 15.3 Å². The number of carbonyl (C=O) groups excluding carboxylic acids is 1. The van der Waals surface area contributed by atoms with Crippen molar-refractivity contribution in [2.75, 3.05) is 16.2 Å². The third-order valence-corrected chi connectivity index (χ3v) is 8.11. The highest BCUT2D eigenvalue weighted by atomic mass is 35.5. The molecule has 0 unspecified atom stereocenters. The molecule has 0 fully saturated rings. The lowest BCUT2D eigenvalue weighted by Gasteiger charge is -2.25. The molecule has 38 heavy (non-hydrogen) atoms. The SMILES string of the molecule is Cc1ccc(S(=O)(=O)N(CC(=O)Nc2ccc3c(c2)n(C)c(=O)n3C)c2ccc(Cl)c(C(F)(F)F)c2)cc1. The smallest absolute Gasteiger partial charge is 0.324 e. The van der Waals surface area contributed by atoms with Crippen molar-refractivity contribution in [1.82, 2.24) is 9.13 Å². The van der Waals surface area contributed by atoms with Crippen LogP contribution in [0.15, 0.2) is 70.4 Å². The Kier molecular flexibility index (Phi) is 7.06. The van der Waals surface area contributed by atoms with Gasteiger partial charge >= 0.3 is 11.9 Å². The summed E-state index contributed by atoms with van der Waals surface area (Å²) in [5, 5.41) is 1.95. The van der Waals surface area contributed by atoms with Gasteiger partial charge in [-0.25, -0.2) is 13.2 Å². The largest absolute Gasteiger partial charge is 0.417 e. The van der Waals surface area contributed by atoms with Gasteiger partial charge in [0.25, 0.3) is 10.0 Å². The number of amides is 1. The monoisotopic (exact) mass is 566 g/mol. The molecule has 4 aromatic rings. The van der Waals surface area contributed by atoms with E-state index in [2.05, 4.69) is 5.32 Å². The summed E-state index contributed by atoms with van der Waals surface area (Å²) in [4.78, 5) is 25.0. The van der Waals surface area contributed by atoms with E-state index in [9.17, 15) is 31.2 Å². The number of carbonyl (C=O) groups is 1. The Morgan fingerprint density at radius 3 is 2.24 bits per heavy atom. The molecule has 1 N–H and O–H groups in total. The lowest BCUT2D eigenvalue weighted by Crippen LogP contribution is -2.38. The minimum Gasteiger partial charge on any atom is -0.324 e. The number of nitrogens with one attached hydrogen (secondary N) is 1. The van der Waals surface area contributed by atoms with Gasteiger partial charge in [-0.1, -0.05) is 29.3 Å². The molecule has 0 bridgehead atoms. The summed E-state index contributed by atoms with van der Waals surface area (Å²) >= 11 is 5.73. The molecule has 0 spiro atoms. The highest BCUT2D eigenvalue weighted by Gasteiger charge is 2.35. The maximum atomic E-state index is 13.5. The van der Waals surface area contributed by atoms with Crippen LogP contribution in [0.3, 0.4) is 0 Å². The summed E-state index contributed by atoms with van der Waals surface area (Å²) < 4.78 is 71.1. The number of halogens is 4. The lowest BCUT2D eigenvalue weighted by molar-refractivity contribution is -0.137. The number of rotatable bonds is 6. The number of fused-ring (bicyclic) bond motifs is 1. The number of alkyl halides is 3. The molecule has 3 aromatic carbocycles. The van der Waals surface area contributed by atoms with Crippen molar-refractivity contribution in [3.05, 3.63) is 87.3 Å². The van der Waals surface area contributed by atoms with E-state index < -0.39 is 44.9 Å². The van der Waals surface area contributed by atoms with Crippen molar-refractivity contribution < 1.29 is 26.4 Å². The standard InChI is InChI=1S/C25H22ClF3N4O4S/c1-15-4-8-18(9-5-15)38(36,37)33(17-7-10-20(26)19(13-17)25(27,28)29)14-23(34)30-16-6-11-21-22(12-16)32(3)24(35)31(21)2/h4-13H,14H2,1-3H3,(H,30,34). The Morgan fingerprint density at radius 2 is 1.61 bits per heavy atom. The van der Waals surface area contributed by atoms with Gasteiger partial charge in [0.05, 0.1) is 32.2 Å². The molecule has 200 valence electrons. The van der Waals surface area contributed by atoms with Crippen LogP contribution in [0.1, 0.15) is 11.1 Å². The predicted molar refractivity (Wildman–Crippen MR) is 139 cm³/mol. The number of sulfonamides is 1. The second-order valence-electron chi connectivity index (χ2n) is 8.64. The predicted octanol–water partition coefficient (Wildman–Crippen LogP) is 4.69. The van der Waals surface area contributed by atoms with Gasteiger partial charge in [0.2, 0.25) is 5.91 Å². The molecule has 0 saturated heterocycles. The van der Waals surface area contributed by atoms with Crippen LogP contribution in [0.5, 0.6) is 0 Å². The summed E-state index contributed by atoms with van der Waals surface area (Å²) in [6, 6.07) is 13.0. The second kappa shape index (κ2) is 9.84. The zero-order valence-electron chi connectivity index (χ0n) is 20.4. The number of hydrogen-bond acceptors (Lipinski definition) is 4. The molecule has 0 radical (unpaired) electrons. The van der Waals surface area contributed by atoms with E-state index in [1.165, 1.54) is 45.5 Å². The zero-order chi connectivity index (χ0) is 28.0. The van der Waals surface area contributed by atoms with Gasteiger partial charge in [-0.3, -0.25) is 18.2 Å². The summed E-state index contributed by atoms with van der Waals surface area (Å²) in [7, 11) is -1.31. The van der Waals surface area contributed by atoms with Gasteiger partial charge in [-0.2, -0.15) is 13.2 Å². The number of anilines is 2. The number of aromatic nitrogens is 2. The summed E-state index contributed by atoms with van der Waals surface area (Å²) in [5.74, 6) is -0.815. The molecule has 0 aliphatic heterocycles. The number of hydrogen-bond donors (Lipinski definition) is 1. The number of imidazole rings is 1. The van der Waals surface area contributed by atoms with Crippen LogP contribution in [-0.2, 0) is 35.1 Å². The zero-order valence-corrected chi connectivity index (χ0v) is 21.9. The van der Waals surface area contributed by atoms with E-state index >= 15 is 0 Å². The van der Waals surface area contributed by atoms with Crippen molar-refractivity contribution in [2.24, 2.45) is 14.1 Å². The molecular weight excluding hydrogens is 545 g/mol. The fourth-order valence-corrected chi connectivity index (χ4v) is 5.59. The fourth-order valence-electron chi connectivity index (χ4n) is 3.95. The second-order valence-corrected chi connectivity index (χ2v) is 10.9. The van der Waals surface area contributed by atoms with E-state index in [4.69, 9.17) is 11.6 Å². The Morgan fingerprint density at radius 1 is 0.974 bits per heavy atom. The maximum Gasteiger partial charge on any atom is 0.417 e. The minimum absolute atomic E-state index is 0.208. The molecule has 1 amide bonds. The molecule has 13 heteroatoms. The molecule has 0 atom stereocenters. The van der Waals surface area contributed by atoms with Crippen molar-refractivity contribution in [3.8, 4) is 0 Å². The van der Waals surface area contributed by atoms with Crippen molar-refractivity contribution in [1.29, 1.82) is 0 Å². The number of aryl methyl sites for hydroxylation is 3. The average Bonchev–Trinajstić information content (AvgIpc) is 3.06. The minimum atomic E-state index is -4.85. The lowest BCUT2D eigenvalue weighted by atomic mass is 10.2. The van der Waals surface area contributed by atoms with Gasteiger partial charge < -0.3 is 5.32 Å². The molecule has 0 aliphatic rings. The normalized spacial score (nSPS) is 12.1. The Balaban J connectivity index is 1.74. The van der Waals surface area contributed by atoms with E-state index in [0.717, 1.165) is 17.7 Å². The first kappa shape index (κ1) is 27.3. The van der Waals surface area contributed by atoms with E-state index in [-0.39, 0.29) is 16.3 Å². The van der Waals surface area contributed by atoms with Crippen molar-refractivity contribution >= 4 is 49.9 Å². The van der Waals surface area contributed by atoms with Crippen molar-refractivity contribution in [2.45, 2.75) is 18.0 Å². The van der Waals surface area contributed by atoms with Crippen molar-refractivity contribution in [3.63, 3.8) is 0 Å². The quantitative estimate of drug-likeness (QED) is 0.366. The molecule has 8 nitrogen and oxygen atoms in total. The van der Waals surface area contributed by atoms with E-state index in [0.29, 0.717) is 21.4 Å². The molecule has 1 heterocycles. The molecule has 0 aliphatic carbocycles. The number of nitrogens with zero attached hydrogens (tertiary/aromatic N) is 3. The van der Waals surface area contributed by atoms with Gasteiger partial charge in [-0.05, 0) is 55.5 Å². The van der Waals surface area contributed by atoms with E-state index in [1.807, 2.05) is 0 Å².